The Morgan fingerprint density at radius 3 is 2.65 bits per heavy atom. The highest BCUT2D eigenvalue weighted by Gasteiger charge is 2.17. The van der Waals surface area contributed by atoms with Gasteiger partial charge in [-0.2, -0.15) is 0 Å². The molecule has 1 aromatic carbocycles. The third kappa shape index (κ3) is 3.49. The molecular weight excluding hydrogens is 246 g/mol. The van der Waals surface area contributed by atoms with E-state index in [-0.39, 0.29) is 10.6 Å². The van der Waals surface area contributed by atoms with Gasteiger partial charge in [-0.25, -0.2) is 8.78 Å². The van der Waals surface area contributed by atoms with Gasteiger partial charge < -0.3 is 0 Å². The van der Waals surface area contributed by atoms with Crippen molar-refractivity contribution in [1.82, 2.24) is 5.43 Å². The molecule has 0 spiro atoms. The lowest BCUT2D eigenvalue weighted by Gasteiger charge is -2.18. The minimum absolute atomic E-state index is 0.156. The summed E-state index contributed by atoms with van der Waals surface area (Å²) < 4.78 is 26.9. The van der Waals surface area contributed by atoms with Gasteiger partial charge in [-0.1, -0.05) is 30.7 Å². The molecule has 0 saturated carbocycles. The Bertz CT molecular complexity index is 421. The van der Waals surface area contributed by atoms with Crippen LogP contribution >= 0.6 is 11.6 Å². The van der Waals surface area contributed by atoms with Gasteiger partial charge in [0, 0.05) is 5.56 Å². The second-order valence-electron chi connectivity index (χ2n) is 3.81. The fourth-order valence-corrected chi connectivity index (χ4v) is 1.65. The second-order valence-corrected chi connectivity index (χ2v) is 4.22. The molecular formula is C12H15ClF2N2. The first-order valence-electron chi connectivity index (χ1n) is 5.26. The van der Waals surface area contributed by atoms with E-state index in [0.29, 0.717) is 6.42 Å². The molecule has 0 heterocycles. The van der Waals surface area contributed by atoms with Crippen LogP contribution in [-0.2, 0) is 0 Å². The van der Waals surface area contributed by atoms with Gasteiger partial charge in [0.1, 0.15) is 11.6 Å². The Hall–Kier alpha value is -0.970. The molecule has 3 N–H and O–H groups in total. The first kappa shape index (κ1) is 14.1. The van der Waals surface area contributed by atoms with E-state index in [1.807, 2.05) is 6.92 Å². The molecule has 2 nitrogen and oxygen atoms in total. The van der Waals surface area contributed by atoms with Crippen LogP contribution in [0.1, 0.15) is 31.4 Å². The average molecular weight is 261 g/mol. The highest BCUT2D eigenvalue weighted by atomic mass is 35.5. The van der Waals surface area contributed by atoms with Crippen molar-refractivity contribution < 1.29 is 8.78 Å². The molecule has 0 radical (unpaired) electrons. The lowest BCUT2D eigenvalue weighted by atomic mass is 9.98. The number of halogens is 3. The van der Waals surface area contributed by atoms with E-state index < -0.39 is 17.7 Å². The fourth-order valence-electron chi connectivity index (χ4n) is 1.50. The summed E-state index contributed by atoms with van der Waals surface area (Å²) >= 11 is 5.48. The van der Waals surface area contributed by atoms with Crippen LogP contribution in [0.4, 0.5) is 8.78 Å². The molecule has 1 atom stereocenters. The smallest absolute Gasteiger partial charge is 0.142 e. The Morgan fingerprint density at radius 2 is 2.12 bits per heavy atom. The molecule has 94 valence electrons. The van der Waals surface area contributed by atoms with Crippen molar-refractivity contribution in [1.29, 1.82) is 0 Å². The van der Waals surface area contributed by atoms with Gasteiger partial charge in [0.05, 0.1) is 11.1 Å². The van der Waals surface area contributed by atoms with Gasteiger partial charge in [0.2, 0.25) is 0 Å². The highest BCUT2D eigenvalue weighted by molar-refractivity contribution is 6.30. The maximum atomic E-state index is 13.6. The van der Waals surface area contributed by atoms with Crippen molar-refractivity contribution in [3.63, 3.8) is 0 Å². The number of hydrogen-bond donors (Lipinski definition) is 2. The van der Waals surface area contributed by atoms with Crippen LogP contribution in [0.15, 0.2) is 24.3 Å². The summed E-state index contributed by atoms with van der Waals surface area (Å²) in [5, 5.41) is -0.240. The Balaban J connectivity index is 3.03. The van der Waals surface area contributed by atoms with Crippen molar-refractivity contribution in [2.45, 2.75) is 25.8 Å². The van der Waals surface area contributed by atoms with E-state index >= 15 is 0 Å². The SMILES string of the molecule is C=C(CC)CC(NN)c1cc(F)c(Cl)cc1F. The van der Waals surface area contributed by atoms with Crippen molar-refractivity contribution in [3.8, 4) is 0 Å². The lowest BCUT2D eigenvalue weighted by Crippen LogP contribution is -2.29. The normalized spacial score (nSPS) is 12.5. The standard InChI is InChI=1S/C12H15ClF2N2/c1-3-7(2)4-12(17-16)8-5-11(15)9(13)6-10(8)14/h5-6,12,17H,2-4,16H2,1H3. The van der Waals surface area contributed by atoms with Crippen molar-refractivity contribution in [2.75, 3.05) is 0 Å². The van der Waals surface area contributed by atoms with Gasteiger partial charge >= 0.3 is 0 Å². The summed E-state index contributed by atoms with van der Waals surface area (Å²) in [5.41, 5.74) is 3.52. The Labute approximate surface area is 104 Å². The van der Waals surface area contributed by atoms with Gasteiger partial charge in [0.25, 0.3) is 0 Å². The molecule has 1 rings (SSSR count). The van der Waals surface area contributed by atoms with Crippen LogP contribution in [-0.4, -0.2) is 0 Å². The summed E-state index contributed by atoms with van der Waals surface area (Å²) in [6, 6.07) is 1.50. The second kappa shape index (κ2) is 6.10. The van der Waals surface area contributed by atoms with Gasteiger partial charge in [-0.05, 0) is 25.0 Å². The van der Waals surface area contributed by atoms with Crippen LogP contribution in [0.25, 0.3) is 0 Å². The zero-order valence-corrected chi connectivity index (χ0v) is 10.3. The molecule has 0 amide bonds. The topological polar surface area (TPSA) is 38.0 Å². The van der Waals surface area contributed by atoms with Gasteiger partial charge in [-0.15, -0.1) is 0 Å². The fraction of sp³-hybridized carbons (Fsp3) is 0.333. The Kier molecular flexibility index (Phi) is 5.05. The monoisotopic (exact) mass is 260 g/mol. The molecule has 0 bridgehead atoms. The number of nitrogens with two attached hydrogens (primary N) is 1. The van der Waals surface area contributed by atoms with Crippen LogP contribution in [0.2, 0.25) is 5.02 Å². The minimum atomic E-state index is -0.662. The first-order chi connectivity index (χ1) is 7.99. The van der Waals surface area contributed by atoms with Crippen molar-refractivity contribution >= 4 is 11.6 Å². The molecule has 1 unspecified atom stereocenters. The van der Waals surface area contributed by atoms with E-state index in [2.05, 4.69) is 12.0 Å². The van der Waals surface area contributed by atoms with Gasteiger partial charge in [0.15, 0.2) is 0 Å². The molecule has 0 fully saturated rings. The maximum Gasteiger partial charge on any atom is 0.142 e. The van der Waals surface area contributed by atoms with Crippen LogP contribution in [0.3, 0.4) is 0 Å². The van der Waals surface area contributed by atoms with E-state index in [1.165, 1.54) is 0 Å². The summed E-state index contributed by atoms with van der Waals surface area (Å²) in [6.07, 6.45) is 1.21. The molecule has 0 aromatic heterocycles. The van der Waals surface area contributed by atoms with E-state index in [0.717, 1.165) is 24.1 Å². The average Bonchev–Trinajstić information content (AvgIpc) is 2.30. The molecule has 0 aliphatic heterocycles. The van der Waals surface area contributed by atoms with Crippen LogP contribution in [0.5, 0.6) is 0 Å². The van der Waals surface area contributed by atoms with E-state index in [9.17, 15) is 8.78 Å². The number of nitrogens with one attached hydrogen (secondary N) is 1. The van der Waals surface area contributed by atoms with E-state index in [4.69, 9.17) is 17.4 Å². The summed E-state index contributed by atoms with van der Waals surface area (Å²) in [4.78, 5) is 0. The first-order valence-corrected chi connectivity index (χ1v) is 5.64. The summed E-state index contributed by atoms with van der Waals surface area (Å²) in [6.45, 7) is 5.76. The Morgan fingerprint density at radius 1 is 1.47 bits per heavy atom. The van der Waals surface area contributed by atoms with Gasteiger partial charge in [-0.3, -0.25) is 11.3 Å². The highest BCUT2D eigenvalue weighted by Crippen LogP contribution is 2.27. The van der Waals surface area contributed by atoms with Crippen molar-refractivity contribution in [3.05, 3.63) is 46.5 Å². The number of hydrogen-bond acceptors (Lipinski definition) is 2. The van der Waals surface area contributed by atoms with Crippen LogP contribution < -0.4 is 11.3 Å². The zero-order valence-electron chi connectivity index (χ0n) is 9.56. The third-order valence-corrected chi connectivity index (χ3v) is 2.90. The molecule has 0 aliphatic carbocycles. The predicted octanol–water partition coefficient (Wildman–Crippen LogP) is 3.48. The largest absolute Gasteiger partial charge is 0.271 e. The summed E-state index contributed by atoms with van der Waals surface area (Å²) in [5.74, 6) is 4.11. The van der Waals surface area contributed by atoms with E-state index in [1.54, 1.807) is 0 Å². The lowest BCUT2D eigenvalue weighted by molar-refractivity contribution is 0.498. The number of benzene rings is 1. The minimum Gasteiger partial charge on any atom is -0.271 e. The molecule has 1 aromatic rings. The predicted molar refractivity (Wildman–Crippen MR) is 65.5 cm³/mol. The van der Waals surface area contributed by atoms with Crippen LogP contribution in [0, 0.1) is 11.6 Å². The van der Waals surface area contributed by atoms with Crippen molar-refractivity contribution in [2.24, 2.45) is 5.84 Å². The third-order valence-electron chi connectivity index (χ3n) is 2.61. The molecule has 0 aliphatic rings. The molecule has 5 heteroatoms. The zero-order chi connectivity index (χ0) is 13.0. The summed E-state index contributed by atoms with van der Waals surface area (Å²) in [7, 11) is 0. The maximum absolute atomic E-state index is 13.6. The number of hydrazine groups is 1. The molecule has 17 heavy (non-hydrogen) atoms. The quantitative estimate of drug-likeness (QED) is 0.368. The molecule has 0 saturated heterocycles. The number of rotatable bonds is 5.